The van der Waals surface area contributed by atoms with Crippen molar-refractivity contribution in [1.29, 1.82) is 5.26 Å². The van der Waals surface area contributed by atoms with Gasteiger partial charge in [-0.3, -0.25) is 4.79 Å². The van der Waals surface area contributed by atoms with E-state index in [-0.39, 0.29) is 11.5 Å². The molecule has 3 heterocycles. The van der Waals surface area contributed by atoms with E-state index in [4.69, 9.17) is 19.5 Å². The topological polar surface area (TPSA) is 129 Å². The van der Waals surface area contributed by atoms with E-state index in [2.05, 4.69) is 21.4 Å². The molecule has 3 N–H and O–H groups in total. The normalized spacial score (nSPS) is 28.5. The number of hydrogen-bond acceptors (Lipinski definition) is 7. The average molecular weight is 505 g/mol. The Bertz CT molecular complexity index is 1270. The van der Waals surface area contributed by atoms with Gasteiger partial charge in [0, 0.05) is 38.3 Å². The van der Waals surface area contributed by atoms with Crippen LogP contribution >= 0.6 is 0 Å². The van der Waals surface area contributed by atoms with E-state index in [1.54, 1.807) is 14.2 Å². The van der Waals surface area contributed by atoms with Crippen LogP contribution in [0.25, 0.3) is 5.57 Å². The molecule has 9 heteroatoms. The summed E-state index contributed by atoms with van der Waals surface area (Å²) in [4.78, 5) is 19.6. The minimum Gasteiger partial charge on any atom is -0.385 e. The number of aromatic amines is 1. The lowest BCUT2D eigenvalue weighted by atomic mass is 9.74. The molecule has 1 unspecified atom stereocenters. The number of benzene rings is 1. The molecule has 1 aromatic heterocycles. The molecule has 194 valence electrons. The third-order valence-electron chi connectivity index (χ3n) is 7.41. The number of aliphatic hydroxyl groups is 1. The molecule has 37 heavy (non-hydrogen) atoms. The van der Waals surface area contributed by atoms with Crippen molar-refractivity contribution in [3.63, 3.8) is 0 Å². The van der Waals surface area contributed by atoms with Gasteiger partial charge < -0.3 is 29.6 Å². The zero-order valence-electron chi connectivity index (χ0n) is 21.2. The summed E-state index contributed by atoms with van der Waals surface area (Å²) in [6.45, 7) is 0.633. The van der Waals surface area contributed by atoms with Gasteiger partial charge >= 0.3 is 0 Å². The summed E-state index contributed by atoms with van der Waals surface area (Å²) in [6.07, 6.45) is 12.2. The van der Waals surface area contributed by atoms with Crippen LogP contribution in [0.4, 0.5) is 5.69 Å². The summed E-state index contributed by atoms with van der Waals surface area (Å²) < 4.78 is 17.4. The largest absolute Gasteiger partial charge is 0.385 e. The number of rotatable bonds is 8. The van der Waals surface area contributed by atoms with Crippen molar-refractivity contribution in [2.75, 3.05) is 32.8 Å². The Labute approximate surface area is 216 Å². The molecule has 1 saturated heterocycles. The minimum atomic E-state index is -1.20. The molecule has 1 aliphatic carbocycles. The lowest BCUT2D eigenvalue weighted by Gasteiger charge is -2.48. The Morgan fingerprint density at radius 2 is 1.95 bits per heavy atom. The summed E-state index contributed by atoms with van der Waals surface area (Å²) in [5.74, 6) is -0.366. The van der Waals surface area contributed by atoms with Crippen LogP contribution < -0.4 is 5.32 Å². The molecule has 2 aromatic rings. The van der Waals surface area contributed by atoms with Gasteiger partial charge in [-0.2, -0.15) is 5.26 Å². The molecular formula is C28H32N4O5. The maximum absolute atomic E-state index is 12.9. The number of H-pyrrole nitrogens is 1. The Kier molecular flexibility index (Phi) is 6.77. The van der Waals surface area contributed by atoms with Crippen LogP contribution in [0.1, 0.15) is 66.0 Å². The van der Waals surface area contributed by atoms with E-state index in [1.165, 1.54) is 6.20 Å². The standard InChI is InChI=1S/C28H32N4O5/c1-35-17-26-10-11-27(37-26,18-36-2)16-28(34,15-26)20-8-9-23(22(12-20)19-6-4-3-5-7-19)32-25(33)24-30-14-21(13-29)31-24/h6,8-12,14,34H,3-5,7,15-18H2,1-2H3,(H,30,31)(H,32,33)/t26-,27+,28?. The zero-order valence-corrected chi connectivity index (χ0v) is 21.2. The van der Waals surface area contributed by atoms with Crippen LogP contribution in [0.15, 0.2) is 42.6 Å². The molecule has 3 atom stereocenters. The molecule has 9 nitrogen and oxygen atoms in total. The molecule has 2 bridgehead atoms. The van der Waals surface area contributed by atoms with Crippen LogP contribution in [0.2, 0.25) is 0 Å². The number of nitrogens with one attached hydrogen (secondary N) is 2. The number of aromatic nitrogens is 2. The number of ether oxygens (including phenoxy) is 3. The quantitative estimate of drug-likeness (QED) is 0.466. The molecule has 2 aliphatic heterocycles. The Morgan fingerprint density at radius 1 is 1.22 bits per heavy atom. The fourth-order valence-corrected chi connectivity index (χ4v) is 5.94. The molecule has 0 spiro atoms. The van der Waals surface area contributed by atoms with Crippen molar-refractivity contribution in [3.8, 4) is 6.07 Å². The van der Waals surface area contributed by atoms with Crippen molar-refractivity contribution in [2.24, 2.45) is 0 Å². The van der Waals surface area contributed by atoms with Crippen LogP contribution in [-0.2, 0) is 19.8 Å². The molecular weight excluding hydrogens is 472 g/mol. The van der Waals surface area contributed by atoms with E-state index < -0.39 is 22.7 Å². The number of carbonyl (C=O) groups is 1. The second-order valence-corrected chi connectivity index (χ2v) is 10.3. The summed E-state index contributed by atoms with van der Waals surface area (Å²) in [6, 6.07) is 7.63. The number of carbonyl (C=O) groups excluding carboxylic acids is 1. The number of anilines is 1. The van der Waals surface area contributed by atoms with Gasteiger partial charge in [-0.05, 0) is 49.0 Å². The highest BCUT2D eigenvalue weighted by atomic mass is 16.6. The first-order valence-electron chi connectivity index (χ1n) is 12.5. The molecule has 5 rings (SSSR count). The first-order chi connectivity index (χ1) is 17.8. The van der Waals surface area contributed by atoms with E-state index in [0.29, 0.717) is 31.7 Å². The first-order valence-corrected chi connectivity index (χ1v) is 12.5. The van der Waals surface area contributed by atoms with Gasteiger partial charge in [0.2, 0.25) is 0 Å². The van der Waals surface area contributed by atoms with Crippen LogP contribution in [0.5, 0.6) is 0 Å². The highest BCUT2D eigenvalue weighted by Crippen LogP contribution is 2.52. The van der Waals surface area contributed by atoms with Gasteiger partial charge in [-0.25, -0.2) is 4.98 Å². The number of methoxy groups -OCH3 is 2. The number of imidazole rings is 1. The maximum atomic E-state index is 12.9. The highest BCUT2D eigenvalue weighted by Gasteiger charge is 2.57. The zero-order chi connectivity index (χ0) is 26.1. The average Bonchev–Trinajstić information content (AvgIpc) is 3.48. The van der Waals surface area contributed by atoms with Gasteiger partial charge in [-0.1, -0.05) is 24.3 Å². The number of amides is 1. The Morgan fingerprint density at radius 3 is 2.54 bits per heavy atom. The lowest BCUT2D eigenvalue weighted by molar-refractivity contribution is -0.225. The predicted molar refractivity (Wildman–Crippen MR) is 137 cm³/mol. The van der Waals surface area contributed by atoms with Crippen LogP contribution in [-0.4, -0.2) is 59.6 Å². The van der Waals surface area contributed by atoms with Gasteiger partial charge in [-0.15, -0.1) is 0 Å². The van der Waals surface area contributed by atoms with E-state index in [0.717, 1.165) is 42.4 Å². The van der Waals surface area contributed by atoms with Crippen molar-refractivity contribution >= 4 is 17.2 Å². The molecule has 3 aliphatic rings. The van der Waals surface area contributed by atoms with Gasteiger partial charge in [0.25, 0.3) is 5.91 Å². The van der Waals surface area contributed by atoms with Crippen LogP contribution in [0, 0.1) is 11.3 Å². The van der Waals surface area contributed by atoms with E-state index >= 15 is 0 Å². The van der Waals surface area contributed by atoms with Crippen LogP contribution in [0.3, 0.4) is 0 Å². The van der Waals surface area contributed by atoms with Crippen molar-refractivity contribution < 1.29 is 24.1 Å². The fraction of sp³-hybridized carbons (Fsp3) is 0.464. The van der Waals surface area contributed by atoms with Gasteiger partial charge in [0.05, 0.1) is 25.0 Å². The number of nitriles is 1. The minimum absolute atomic E-state index is 0.0675. The predicted octanol–water partition coefficient (Wildman–Crippen LogP) is 3.83. The molecule has 1 amide bonds. The smallest absolute Gasteiger partial charge is 0.291 e. The van der Waals surface area contributed by atoms with Crippen molar-refractivity contribution in [2.45, 2.75) is 55.3 Å². The number of nitrogens with zero attached hydrogens (tertiary/aromatic N) is 2. The number of hydrogen-bond donors (Lipinski definition) is 3. The van der Waals surface area contributed by atoms with Gasteiger partial charge in [0.1, 0.15) is 23.0 Å². The fourth-order valence-electron chi connectivity index (χ4n) is 5.94. The molecule has 0 saturated carbocycles. The summed E-state index contributed by atoms with van der Waals surface area (Å²) in [5.41, 5.74) is 0.903. The van der Waals surface area contributed by atoms with E-state index in [9.17, 15) is 9.90 Å². The first kappa shape index (κ1) is 25.4. The third kappa shape index (κ3) is 4.86. The Hall–Kier alpha value is -3.29. The lowest BCUT2D eigenvalue weighted by Crippen LogP contribution is -2.55. The molecule has 1 aromatic carbocycles. The molecule has 0 radical (unpaired) electrons. The monoisotopic (exact) mass is 504 g/mol. The summed E-state index contributed by atoms with van der Waals surface area (Å²) in [7, 11) is 3.25. The number of allylic oxidation sites excluding steroid dienone is 2. The second-order valence-electron chi connectivity index (χ2n) is 10.3. The van der Waals surface area contributed by atoms with Gasteiger partial charge in [0.15, 0.2) is 5.82 Å². The maximum Gasteiger partial charge on any atom is 0.291 e. The van der Waals surface area contributed by atoms with Crippen molar-refractivity contribution in [1.82, 2.24) is 9.97 Å². The highest BCUT2D eigenvalue weighted by molar-refractivity contribution is 6.03. The summed E-state index contributed by atoms with van der Waals surface area (Å²) >= 11 is 0. The second kappa shape index (κ2) is 9.88. The molecule has 1 fully saturated rings. The summed E-state index contributed by atoms with van der Waals surface area (Å²) in [5, 5.41) is 24.1. The SMILES string of the molecule is COC[C@@]12C=C[C@@](COC)(CC(O)(c3ccc(NC(=O)c4ncc(C#N)[nH]4)c(C4=CCCCC4)c3)C1)O2. The number of fused-ring (bicyclic) bond motifs is 2. The third-order valence-corrected chi connectivity index (χ3v) is 7.41. The Balaban J connectivity index is 1.52. The van der Waals surface area contributed by atoms with E-state index in [1.807, 2.05) is 36.4 Å². The van der Waals surface area contributed by atoms with Crippen molar-refractivity contribution in [3.05, 3.63) is 65.3 Å².